The highest BCUT2D eigenvalue weighted by molar-refractivity contribution is 6.11. The first-order chi connectivity index (χ1) is 23.5. The lowest BCUT2D eigenvalue weighted by atomic mass is 9.49. The molecule has 0 saturated heterocycles. The fraction of sp³-hybridized carbons (Fsp3) is 0.351. The van der Waals surface area contributed by atoms with Crippen LogP contribution < -0.4 is 16.0 Å². The average molecular weight is 664 g/mol. The van der Waals surface area contributed by atoms with E-state index in [1.807, 2.05) is 6.07 Å². The van der Waals surface area contributed by atoms with Crippen LogP contribution in [0.4, 0.5) is 5.69 Å². The third-order valence-electron chi connectivity index (χ3n) is 10.4. The van der Waals surface area contributed by atoms with Crippen LogP contribution in [0, 0.1) is 23.2 Å². The van der Waals surface area contributed by atoms with E-state index in [1.54, 1.807) is 30.3 Å². The minimum atomic E-state index is -1.37. The summed E-state index contributed by atoms with van der Waals surface area (Å²) in [7, 11) is 0. The molecule has 4 fully saturated rings. The van der Waals surface area contributed by atoms with Gasteiger partial charge >= 0.3 is 11.9 Å². The molecule has 49 heavy (non-hydrogen) atoms. The summed E-state index contributed by atoms with van der Waals surface area (Å²) in [6, 6.07) is 14.2. The maximum absolute atomic E-state index is 14.0. The maximum Gasteiger partial charge on any atom is 0.335 e. The molecule has 6 N–H and O–H groups in total. The first kappa shape index (κ1) is 32.0. The van der Waals surface area contributed by atoms with Crippen molar-refractivity contribution in [2.45, 2.75) is 51.0 Å². The number of imidazole rings is 1. The molecule has 0 spiro atoms. The van der Waals surface area contributed by atoms with Gasteiger partial charge in [0.15, 0.2) is 0 Å². The Bertz CT molecular complexity index is 1900. The van der Waals surface area contributed by atoms with Gasteiger partial charge < -0.3 is 31.1 Å². The number of amides is 3. The smallest absolute Gasteiger partial charge is 0.335 e. The summed E-state index contributed by atoms with van der Waals surface area (Å²) in [5.74, 6) is -2.32. The van der Waals surface area contributed by atoms with E-state index >= 15 is 0 Å². The van der Waals surface area contributed by atoms with Crippen LogP contribution in [0.1, 0.15) is 85.5 Å². The largest absolute Gasteiger partial charge is 0.478 e. The number of aromatic carboxylic acids is 2. The number of fused-ring (bicyclic) bond motifs is 1. The van der Waals surface area contributed by atoms with Gasteiger partial charge in [0.25, 0.3) is 11.8 Å². The number of hydrogen-bond donors (Lipinski definition) is 6. The molecule has 8 rings (SSSR count). The van der Waals surface area contributed by atoms with Gasteiger partial charge in [0.2, 0.25) is 5.91 Å². The van der Waals surface area contributed by atoms with E-state index in [2.05, 4.69) is 25.9 Å². The van der Waals surface area contributed by atoms with Crippen LogP contribution in [0.3, 0.4) is 0 Å². The van der Waals surface area contributed by atoms with E-state index in [0.29, 0.717) is 17.6 Å². The first-order valence-corrected chi connectivity index (χ1v) is 16.6. The van der Waals surface area contributed by atoms with Gasteiger partial charge in [-0.3, -0.25) is 14.4 Å². The number of carboxylic acid groups (broad SMARTS) is 2. The van der Waals surface area contributed by atoms with Crippen LogP contribution in [0.25, 0.3) is 11.0 Å². The quantitative estimate of drug-likeness (QED) is 0.131. The van der Waals surface area contributed by atoms with Crippen molar-refractivity contribution in [3.05, 3.63) is 94.8 Å². The highest BCUT2D eigenvalue weighted by Crippen LogP contribution is 2.59. The summed E-state index contributed by atoms with van der Waals surface area (Å²) in [4.78, 5) is 72.2. The highest BCUT2D eigenvalue weighted by Gasteiger charge is 2.50. The third kappa shape index (κ3) is 6.76. The van der Waals surface area contributed by atoms with Crippen molar-refractivity contribution in [3.8, 4) is 0 Å². The number of anilines is 1. The molecule has 3 aromatic carbocycles. The van der Waals surface area contributed by atoms with Crippen molar-refractivity contribution < 1.29 is 34.2 Å². The molecule has 4 aliphatic rings. The molecule has 4 aromatic rings. The van der Waals surface area contributed by atoms with Crippen molar-refractivity contribution in [1.82, 2.24) is 20.6 Å². The van der Waals surface area contributed by atoms with Crippen LogP contribution in [0.5, 0.6) is 0 Å². The summed E-state index contributed by atoms with van der Waals surface area (Å²) in [6.07, 6.45) is 8.75. The molecule has 4 saturated carbocycles. The van der Waals surface area contributed by atoms with E-state index in [9.17, 15) is 34.2 Å². The third-order valence-corrected chi connectivity index (χ3v) is 10.4. The Morgan fingerprint density at radius 1 is 0.816 bits per heavy atom. The van der Waals surface area contributed by atoms with Crippen molar-refractivity contribution in [1.29, 1.82) is 0 Å². The fourth-order valence-corrected chi connectivity index (χ4v) is 8.70. The van der Waals surface area contributed by atoms with Crippen molar-refractivity contribution in [3.63, 3.8) is 0 Å². The number of carboxylic acids is 2. The monoisotopic (exact) mass is 663 g/mol. The minimum Gasteiger partial charge on any atom is -0.478 e. The molecule has 12 nitrogen and oxygen atoms in total. The van der Waals surface area contributed by atoms with Crippen molar-refractivity contribution in [2.75, 3.05) is 11.9 Å². The molecular weight excluding hydrogens is 626 g/mol. The predicted octanol–water partition coefficient (Wildman–Crippen LogP) is 4.89. The number of nitrogens with one attached hydrogen (secondary N) is 4. The molecule has 1 heterocycles. The molecule has 1 atom stereocenters. The Hall–Kier alpha value is -5.52. The lowest BCUT2D eigenvalue weighted by Crippen LogP contribution is -2.51. The molecule has 4 aliphatic carbocycles. The summed E-state index contributed by atoms with van der Waals surface area (Å²) in [6.45, 7) is 0.546. The molecule has 1 aromatic heterocycles. The van der Waals surface area contributed by atoms with Gasteiger partial charge in [-0.25, -0.2) is 14.6 Å². The van der Waals surface area contributed by atoms with Crippen LogP contribution in [0.2, 0.25) is 0 Å². The number of benzene rings is 3. The number of hydrogen-bond acceptors (Lipinski definition) is 6. The van der Waals surface area contributed by atoms with Crippen molar-refractivity contribution >= 4 is 46.4 Å². The SMILES string of the molecule is O=C(O)c1cc(NC(=O)C(Cc2ccccc2)NC(=O)c2cc3nc[nH]c3cc2C(=O)NCC23CC4CC(CC(C4)C2)C3)cc(C(=O)O)c1. The molecule has 0 radical (unpaired) electrons. The Morgan fingerprint density at radius 2 is 1.43 bits per heavy atom. The van der Waals surface area contributed by atoms with Crippen LogP contribution in [-0.4, -0.2) is 62.4 Å². The zero-order valence-electron chi connectivity index (χ0n) is 26.7. The standard InChI is InChI=1S/C37H37N5O7/c43-32(38-18-37-15-21-6-22(16-37)8-23(7-21)17-37)27-13-29-30(40-19-39-29)14-28(27)33(44)42-31(9-20-4-2-1-3-5-20)34(45)41-26-11-24(35(46)47)10-25(12-26)36(48)49/h1-5,10-14,19,21-23,31H,6-9,15-18H2,(H,38,43)(H,39,40)(H,41,45)(H,42,44)(H,46,47)(H,48,49). The van der Waals surface area contributed by atoms with Gasteiger partial charge in [-0.15, -0.1) is 0 Å². The summed E-state index contributed by atoms with van der Waals surface area (Å²) in [5, 5.41) is 27.5. The number of nitrogens with zero attached hydrogens (tertiary/aromatic N) is 1. The topological polar surface area (TPSA) is 191 Å². The Labute approximate surface area is 281 Å². The minimum absolute atomic E-state index is 0.0505. The molecule has 252 valence electrons. The Kier molecular flexibility index (Phi) is 8.39. The van der Waals surface area contributed by atoms with Crippen LogP contribution in [0.15, 0.2) is 67.0 Å². The summed E-state index contributed by atoms with van der Waals surface area (Å²) in [5.41, 5.74) is 1.36. The van der Waals surface area contributed by atoms with Crippen LogP contribution >= 0.6 is 0 Å². The maximum atomic E-state index is 14.0. The molecule has 4 bridgehead atoms. The number of rotatable bonds is 11. The van der Waals surface area contributed by atoms with Gasteiger partial charge in [0.1, 0.15) is 6.04 Å². The molecule has 0 aliphatic heterocycles. The zero-order valence-corrected chi connectivity index (χ0v) is 26.7. The van der Waals surface area contributed by atoms with E-state index in [0.717, 1.165) is 60.8 Å². The number of aromatic amines is 1. The van der Waals surface area contributed by atoms with Gasteiger partial charge in [0.05, 0.1) is 39.6 Å². The second-order valence-corrected chi connectivity index (χ2v) is 14.0. The Morgan fingerprint density at radius 3 is 2.04 bits per heavy atom. The van der Waals surface area contributed by atoms with E-state index < -0.39 is 29.8 Å². The van der Waals surface area contributed by atoms with E-state index in [-0.39, 0.29) is 45.7 Å². The summed E-state index contributed by atoms with van der Waals surface area (Å²) >= 11 is 0. The normalized spacial score (nSPS) is 22.7. The van der Waals surface area contributed by atoms with Gasteiger partial charge in [0, 0.05) is 18.7 Å². The lowest BCUT2D eigenvalue weighted by Gasteiger charge is -2.56. The highest BCUT2D eigenvalue weighted by atomic mass is 16.4. The zero-order chi connectivity index (χ0) is 34.3. The van der Waals surface area contributed by atoms with Crippen molar-refractivity contribution in [2.24, 2.45) is 23.2 Å². The number of aromatic nitrogens is 2. The summed E-state index contributed by atoms with van der Waals surface area (Å²) < 4.78 is 0. The predicted molar refractivity (Wildman–Crippen MR) is 179 cm³/mol. The molecule has 1 unspecified atom stereocenters. The van der Waals surface area contributed by atoms with Gasteiger partial charge in [-0.2, -0.15) is 0 Å². The molecular formula is C37H37N5O7. The molecule has 12 heteroatoms. The van der Waals surface area contributed by atoms with Crippen LogP contribution in [-0.2, 0) is 11.2 Å². The number of carbonyl (C=O) groups excluding carboxylic acids is 3. The second-order valence-electron chi connectivity index (χ2n) is 14.0. The fourth-order valence-electron chi connectivity index (χ4n) is 8.70. The van der Waals surface area contributed by atoms with E-state index in [4.69, 9.17) is 0 Å². The van der Waals surface area contributed by atoms with Gasteiger partial charge in [-0.1, -0.05) is 30.3 Å². The second kappa shape index (κ2) is 12.8. The molecule has 3 amide bonds. The Balaban J connectivity index is 1.15. The average Bonchev–Trinajstić information content (AvgIpc) is 3.54. The first-order valence-electron chi connectivity index (χ1n) is 16.6. The van der Waals surface area contributed by atoms with E-state index in [1.165, 1.54) is 31.7 Å². The number of H-pyrrole nitrogens is 1. The number of carbonyl (C=O) groups is 5. The van der Waals surface area contributed by atoms with Gasteiger partial charge in [-0.05, 0) is 97.6 Å². The lowest BCUT2D eigenvalue weighted by molar-refractivity contribution is -0.118.